The SMILES string of the molecule is CCOC(=O)C1=C(c2ccccc2)N=c2s/c(=C\c3cc(Br)c(OC)c(OC)c3)c(=O)n2[C@@H]1c1ccc(OC)cc1. The van der Waals surface area contributed by atoms with Crippen LogP contribution < -0.4 is 29.1 Å². The predicted octanol–water partition coefficient (Wildman–Crippen LogP) is 4.72. The molecular weight excluding hydrogens is 608 g/mol. The minimum atomic E-state index is -0.772. The van der Waals surface area contributed by atoms with Crippen LogP contribution in [0.3, 0.4) is 0 Å². The number of aromatic nitrogens is 1. The van der Waals surface area contributed by atoms with Crippen LogP contribution in [0.25, 0.3) is 11.8 Å². The van der Waals surface area contributed by atoms with E-state index in [1.54, 1.807) is 57.1 Å². The van der Waals surface area contributed by atoms with Gasteiger partial charge < -0.3 is 18.9 Å². The molecule has 1 aromatic heterocycles. The Balaban J connectivity index is 1.80. The van der Waals surface area contributed by atoms with E-state index in [1.165, 1.54) is 11.3 Å². The van der Waals surface area contributed by atoms with Crippen LogP contribution in [0.5, 0.6) is 17.2 Å². The Morgan fingerprint density at radius 1 is 1.02 bits per heavy atom. The highest BCUT2D eigenvalue weighted by Crippen LogP contribution is 2.37. The second kappa shape index (κ2) is 12.2. The van der Waals surface area contributed by atoms with Gasteiger partial charge >= 0.3 is 5.97 Å². The zero-order valence-corrected chi connectivity index (χ0v) is 25.2. The normalized spacial score (nSPS) is 14.8. The highest BCUT2D eigenvalue weighted by molar-refractivity contribution is 9.10. The van der Waals surface area contributed by atoms with Crippen molar-refractivity contribution in [2.45, 2.75) is 13.0 Å². The van der Waals surface area contributed by atoms with Crippen LogP contribution in [-0.2, 0) is 9.53 Å². The number of esters is 1. The van der Waals surface area contributed by atoms with Crippen molar-refractivity contribution < 1.29 is 23.7 Å². The summed E-state index contributed by atoms with van der Waals surface area (Å²) in [5.41, 5.74) is 2.67. The lowest BCUT2D eigenvalue weighted by atomic mass is 9.93. The van der Waals surface area contributed by atoms with Crippen LogP contribution in [0.2, 0.25) is 0 Å². The van der Waals surface area contributed by atoms with Crippen LogP contribution >= 0.6 is 27.3 Å². The summed E-state index contributed by atoms with van der Waals surface area (Å²) in [6, 6.07) is 19.6. The van der Waals surface area contributed by atoms with Gasteiger partial charge in [0.15, 0.2) is 16.3 Å². The Morgan fingerprint density at radius 2 is 1.76 bits per heavy atom. The molecule has 5 rings (SSSR count). The Kier molecular flexibility index (Phi) is 8.41. The lowest BCUT2D eigenvalue weighted by Crippen LogP contribution is -2.40. The van der Waals surface area contributed by atoms with Crippen molar-refractivity contribution >= 4 is 45.0 Å². The third-order valence-electron chi connectivity index (χ3n) is 6.56. The summed E-state index contributed by atoms with van der Waals surface area (Å²) in [5.74, 6) is 1.20. The summed E-state index contributed by atoms with van der Waals surface area (Å²) < 4.78 is 24.5. The molecule has 1 aliphatic rings. The van der Waals surface area contributed by atoms with Crippen molar-refractivity contribution in [2.24, 2.45) is 4.99 Å². The topological polar surface area (TPSA) is 88.4 Å². The molecule has 41 heavy (non-hydrogen) atoms. The number of benzene rings is 3. The number of ether oxygens (including phenoxy) is 4. The number of carbonyl (C=O) groups excluding carboxylic acids is 1. The molecule has 4 aromatic rings. The molecule has 0 bridgehead atoms. The van der Waals surface area contributed by atoms with Gasteiger partial charge in [-0.15, -0.1) is 0 Å². The third-order valence-corrected chi connectivity index (χ3v) is 8.13. The van der Waals surface area contributed by atoms with Crippen molar-refractivity contribution in [2.75, 3.05) is 27.9 Å². The lowest BCUT2D eigenvalue weighted by Gasteiger charge is -2.26. The van der Waals surface area contributed by atoms with E-state index in [-0.39, 0.29) is 17.7 Å². The highest BCUT2D eigenvalue weighted by atomic mass is 79.9. The highest BCUT2D eigenvalue weighted by Gasteiger charge is 2.35. The predicted molar refractivity (Wildman–Crippen MR) is 161 cm³/mol. The van der Waals surface area contributed by atoms with E-state index in [0.29, 0.717) is 36.8 Å². The first-order valence-electron chi connectivity index (χ1n) is 12.7. The molecule has 0 saturated carbocycles. The monoisotopic (exact) mass is 634 g/mol. The van der Waals surface area contributed by atoms with Crippen molar-refractivity contribution in [3.63, 3.8) is 0 Å². The van der Waals surface area contributed by atoms with Gasteiger partial charge in [0.1, 0.15) is 5.75 Å². The van der Waals surface area contributed by atoms with Gasteiger partial charge in [0.25, 0.3) is 5.56 Å². The molecule has 0 amide bonds. The fraction of sp³-hybridized carbons (Fsp3) is 0.194. The quantitative estimate of drug-likeness (QED) is 0.261. The summed E-state index contributed by atoms with van der Waals surface area (Å²) >= 11 is 4.77. The molecule has 0 unspecified atom stereocenters. The number of thiazole rings is 1. The summed E-state index contributed by atoms with van der Waals surface area (Å²) in [5, 5.41) is 0. The number of hydrogen-bond acceptors (Lipinski definition) is 8. The van der Waals surface area contributed by atoms with Gasteiger partial charge in [-0.05, 0) is 64.3 Å². The molecule has 1 aliphatic heterocycles. The first-order chi connectivity index (χ1) is 19.9. The Bertz CT molecular complexity index is 1810. The van der Waals surface area contributed by atoms with Gasteiger partial charge in [-0.1, -0.05) is 53.8 Å². The van der Waals surface area contributed by atoms with Crippen molar-refractivity contribution in [1.29, 1.82) is 0 Å². The summed E-state index contributed by atoms with van der Waals surface area (Å²) in [6.45, 7) is 1.93. The van der Waals surface area contributed by atoms with Gasteiger partial charge in [0, 0.05) is 5.56 Å². The maximum atomic E-state index is 14.1. The van der Waals surface area contributed by atoms with Crippen molar-refractivity contribution in [3.05, 3.63) is 113 Å². The molecule has 1 atom stereocenters. The van der Waals surface area contributed by atoms with Crippen LogP contribution in [0, 0.1) is 0 Å². The zero-order chi connectivity index (χ0) is 29.1. The van der Waals surface area contributed by atoms with E-state index in [2.05, 4.69) is 15.9 Å². The van der Waals surface area contributed by atoms with Gasteiger partial charge in [-0.3, -0.25) is 9.36 Å². The molecule has 210 valence electrons. The zero-order valence-electron chi connectivity index (χ0n) is 22.8. The van der Waals surface area contributed by atoms with E-state index in [1.807, 2.05) is 48.5 Å². The largest absolute Gasteiger partial charge is 0.497 e. The molecule has 0 fully saturated rings. The first kappa shape index (κ1) is 28.4. The maximum Gasteiger partial charge on any atom is 0.338 e. The Hall–Kier alpha value is -4.15. The number of carbonyl (C=O) groups is 1. The number of hydrogen-bond donors (Lipinski definition) is 0. The molecule has 10 heteroatoms. The van der Waals surface area contributed by atoms with Crippen LogP contribution in [-0.4, -0.2) is 38.5 Å². The molecule has 0 spiro atoms. The standard InChI is InChI=1S/C31H27BrN2O6S/c1-5-40-30(36)25-26(19-9-7-6-8-10-19)33-31-34(27(25)20-11-13-21(37-2)14-12-20)29(35)24(41-31)17-18-15-22(32)28(39-4)23(16-18)38-3/h6-17,27H,5H2,1-4H3/b24-17-/t27-/m1/s1. The molecule has 2 heterocycles. The Morgan fingerprint density at radius 3 is 2.39 bits per heavy atom. The van der Waals surface area contributed by atoms with E-state index in [0.717, 1.165) is 16.7 Å². The molecule has 0 N–H and O–H groups in total. The fourth-order valence-corrected chi connectivity index (χ4v) is 6.34. The van der Waals surface area contributed by atoms with Crippen molar-refractivity contribution in [3.8, 4) is 17.2 Å². The van der Waals surface area contributed by atoms with Gasteiger partial charge in [-0.25, -0.2) is 9.79 Å². The number of halogens is 1. The third kappa shape index (κ3) is 5.45. The number of methoxy groups -OCH3 is 3. The van der Waals surface area contributed by atoms with Crippen molar-refractivity contribution in [1.82, 2.24) is 4.57 Å². The molecule has 8 nitrogen and oxygen atoms in total. The first-order valence-corrected chi connectivity index (χ1v) is 14.3. The average molecular weight is 636 g/mol. The molecule has 3 aromatic carbocycles. The van der Waals surface area contributed by atoms with Gasteiger partial charge in [-0.2, -0.15) is 0 Å². The number of nitrogens with zero attached hydrogens (tertiary/aromatic N) is 2. The Labute approximate surface area is 248 Å². The minimum absolute atomic E-state index is 0.179. The van der Waals surface area contributed by atoms with E-state index >= 15 is 0 Å². The van der Waals surface area contributed by atoms with Crippen LogP contribution in [0.1, 0.15) is 29.7 Å². The fourth-order valence-electron chi connectivity index (χ4n) is 4.71. The summed E-state index contributed by atoms with van der Waals surface area (Å²) in [4.78, 5) is 33.0. The molecule has 0 aliphatic carbocycles. The number of rotatable bonds is 8. The molecule has 0 radical (unpaired) electrons. The van der Waals surface area contributed by atoms with Crippen LogP contribution in [0.4, 0.5) is 0 Å². The smallest absolute Gasteiger partial charge is 0.338 e. The number of fused-ring (bicyclic) bond motifs is 1. The summed E-state index contributed by atoms with van der Waals surface area (Å²) in [7, 11) is 4.70. The average Bonchev–Trinajstić information content (AvgIpc) is 3.30. The molecular formula is C31H27BrN2O6S. The van der Waals surface area contributed by atoms with E-state index < -0.39 is 12.0 Å². The molecule has 0 saturated heterocycles. The van der Waals surface area contributed by atoms with E-state index in [4.69, 9.17) is 23.9 Å². The van der Waals surface area contributed by atoms with Gasteiger partial charge in [0.2, 0.25) is 0 Å². The second-order valence-corrected chi connectivity index (χ2v) is 10.8. The van der Waals surface area contributed by atoms with E-state index in [9.17, 15) is 9.59 Å². The summed E-state index contributed by atoms with van der Waals surface area (Å²) in [6.07, 6.45) is 1.78. The minimum Gasteiger partial charge on any atom is -0.497 e. The maximum absolute atomic E-state index is 14.1. The van der Waals surface area contributed by atoms with Gasteiger partial charge in [0.05, 0.1) is 54.3 Å². The lowest BCUT2D eigenvalue weighted by molar-refractivity contribution is -0.138. The second-order valence-electron chi connectivity index (χ2n) is 8.94. The van der Waals surface area contributed by atoms with Crippen LogP contribution in [0.15, 0.2) is 86.6 Å².